The Morgan fingerprint density at radius 1 is 1.00 bits per heavy atom. The van der Waals surface area contributed by atoms with E-state index in [1.54, 1.807) is 0 Å². The highest BCUT2D eigenvalue weighted by Gasteiger charge is 2.11. The molecule has 0 saturated heterocycles. The molecule has 0 saturated carbocycles. The topological polar surface area (TPSA) is 12.0 Å². The molecule has 1 N–H and O–H groups in total. The van der Waals surface area contributed by atoms with E-state index in [1.807, 2.05) is 12.1 Å². The minimum Gasteiger partial charge on any atom is -0.306 e. The van der Waals surface area contributed by atoms with Crippen LogP contribution >= 0.6 is 0 Å². The maximum Gasteiger partial charge on any atom is 0.123 e. The van der Waals surface area contributed by atoms with Crippen LogP contribution in [-0.4, -0.2) is 0 Å². The van der Waals surface area contributed by atoms with Gasteiger partial charge in [-0.25, -0.2) is 4.39 Å². The lowest BCUT2D eigenvalue weighted by Gasteiger charge is -2.20. The molecular formula is C18H22FN. The standard InChI is InChI=1S/C18H22FN/c1-12-9-13(2)18(14(3)10-12)15(4)20-11-16-5-7-17(19)8-6-16/h5-10,15,20H,11H2,1-4H3. The molecule has 2 aromatic rings. The minimum absolute atomic E-state index is 0.188. The molecule has 0 radical (unpaired) electrons. The van der Waals surface area contributed by atoms with Crippen LogP contribution in [-0.2, 0) is 6.54 Å². The number of hydrogen-bond acceptors (Lipinski definition) is 1. The second kappa shape index (κ2) is 6.19. The van der Waals surface area contributed by atoms with Crippen molar-refractivity contribution in [3.8, 4) is 0 Å². The summed E-state index contributed by atoms with van der Waals surface area (Å²) in [7, 11) is 0. The predicted molar refractivity (Wildman–Crippen MR) is 82.3 cm³/mol. The normalized spacial score (nSPS) is 12.4. The zero-order valence-electron chi connectivity index (χ0n) is 12.6. The molecule has 0 fully saturated rings. The van der Waals surface area contributed by atoms with Crippen LogP contribution in [0.4, 0.5) is 4.39 Å². The number of benzene rings is 2. The highest BCUT2D eigenvalue weighted by atomic mass is 19.1. The molecule has 0 amide bonds. The number of hydrogen-bond donors (Lipinski definition) is 1. The summed E-state index contributed by atoms with van der Waals surface area (Å²) in [5, 5.41) is 3.51. The van der Waals surface area contributed by atoms with Crippen molar-refractivity contribution in [2.45, 2.75) is 40.3 Å². The summed E-state index contributed by atoms with van der Waals surface area (Å²) in [6.45, 7) is 9.36. The molecule has 2 heteroatoms. The lowest BCUT2D eigenvalue weighted by molar-refractivity contribution is 0.568. The first-order valence-electron chi connectivity index (χ1n) is 7.03. The first-order valence-corrected chi connectivity index (χ1v) is 7.03. The lowest BCUT2D eigenvalue weighted by atomic mass is 9.95. The van der Waals surface area contributed by atoms with E-state index in [9.17, 15) is 4.39 Å². The van der Waals surface area contributed by atoms with E-state index in [0.29, 0.717) is 0 Å². The molecule has 106 valence electrons. The molecular weight excluding hydrogens is 249 g/mol. The van der Waals surface area contributed by atoms with E-state index in [-0.39, 0.29) is 11.9 Å². The third-order valence-electron chi connectivity index (χ3n) is 3.70. The predicted octanol–water partition coefficient (Wildman–Crippen LogP) is 4.60. The average Bonchev–Trinajstić information content (AvgIpc) is 2.37. The zero-order chi connectivity index (χ0) is 14.7. The van der Waals surface area contributed by atoms with Crippen LogP contribution in [0.5, 0.6) is 0 Å². The Bertz CT molecular complexity index is 564. The van der Waals surface area contributed by atoms with Crippen molar-refractivity contribution in [1.82, 2.24) is 5.32 Å². The Balaban J connectivity index is 2.09. The Hall–Kier alpha value is -1.67. The molecule has 0 aromatic heterocycles. The summed E-state index contributed by atoms with van der Waals surface area (Å²) in [5.41, 5.74) is 6.40. The van der Waals surface area contributed by atoms with Crippen LogP contribution in [0.2, 0.25) is 0 Å². The van der Waals surface area contributed by atoms with Gasteiger partial charge in [-0.3, -0.25) is 0 Å². The highest BCUT2D eigenvalue weighted by molar-refractivity contribution is 5.39. The molecule has 0 heterocycles. The SMILES string of the molecule is Cc1cc(C)c(C(C)NCc2ccc(F)cc2)c(C)c1. The van der Waals surface area contributed by atoms with Gasteiger partial charge in [0.25, 0.3) is 0 Å². The highest BCUT2D eigenvalue weighted by Crippen LogP contribution is 2.23. The largest absolute Gasteiger partial charge is 0.306 e. The van der Waals surface area contributed by atoms with E-state index in [1.165, 1.54) is 34.4 Å². The van der Waals surface area contributed by atoms with Crippen LogP contribution in [0.1, 0.15) is 40.8 Å². The van der Waals surface area contributed by atoms with Crippen LogP contribution < -0.4 is 5.32 Å². The van der Waals surface area contributed by atoms with Gasteiger partial charge in [0.05, 0.1) is 0 Å². The van der Waals surface area contributed by atoms with Crippen molar-refractivity contribution in [2.75, 3.05) is 0 Å². The first kappa shape index (κ1) is 14.7. The smallest absolute Gasteiger partial charge is 0.123 e. The Kier molecular flexibility index (Phi) is 4.56. The summed E-state index contributed by atoms with van der Waals surface area (Å²) in [6, 6.07) is 11.4. The number of rotatable bonds is 4. The van der Waals surface area contributed by atoms with Crippen molar-refractivity contribution in [1.29, 1.82) is 0 Å². The number of nitrogens with one attached hydrogen (secondary N) is 1. The minimum atomic E-state index is -0.188. The van der Waals surface area contributed by atoms with Crippen molar-refractivity contribution in [2.24, 2.45) is 0 Å². The summed E-state index contributed by atoms with van der Waals surface area (Å²) >= 11 is 0. The van der Waals surface area contributed by atoms with Gasteiger partial charge < -0.3 is 5.32 Å². The van der Waals surface area contributed by atoms with Crippen LogP contribution in [0.25, 0.3) is 0 Å². The van der Waals surface area contributed by atoms with Gasteiger partial charge >= 0.3 is 0 Å². The number of aryl methyl sites for hydroxylation is 3. The van der Waals surface area contributed by atoms with Gasteiger partial charge in [-0.2, -0.15) is 0 Å². The molecule has 0 spiro atoms. The molecule has 1 unspecified atom stereocenters. The molecule has 0 bridgehead atoms. The fourth-order valence-corrected chi connectivity index (χ4v) is 2.85. The molecule has 2 aromatic carbocycles. The summed E-state index contributed by atoms with van der Waals surface area (Å²) in [4.78, 5) is 0. The van der Waals surface area contributed by atoms with Crippen molar-refractivity contribution in [3.63, 3.8) is 0 Å². The monoisotopic (exact) mass is 271 g/mol. The van der Waals surface area contributed by atoms with Crippen molar-refractivity contribution >= 4 is 0 Å². The fraction of sp³-hybridized carbons (Fsp3) is 0.333. The Labute approximate surface area is 120 Å². The summed E-state index contributed by atoms with van der Waals surface area (Å²) < 4.78 is 12.9. The lowest BCUT2D eigenvalue weighted by Crippen LogP contribution is -2.20. The van der Waals surface area contributed by atoms with Gasteiger partial charge in [-0.05, 0) is 62.1 Å². The Morgan fingerprint density at radius 3 is 2.10 bits per heavy atom. The molecule has 0 aliphatic heterocycles. The molecule has 0 aliphatic carbocycles. The van der Waals surface area contributed by atoms with Crippen LogP contribution in [0.3, 0.4) is 0 Å². The molecule has 20 heavy (non-hydrogen) atoms. The maximum absolute atomic E-state index is 12.9. The molecule has 2 rings (SSSR count). The average molecular weight is 271 g/mol. The first-order chi connectivity index (χ1) is 9.47. The van der Waals surface area contributed by atoms with Gasteiger partial charge in [0, 0.05) is 12.6 Å². The van der Waals surface area contributed by atoms with Gasteiger partial charge in [0.1, 0.15) is 5.82 Å². The van der Waals surface area contributed by atoms with Gasteiger partial charge in [0.2, 0.25) is 0 Å². The second-order valence-corrected chi connectivity index (χ2v) is 5.54. The second-order valence-electron chi connectivity index (χ2n) is 5.54. The summed E-state index contributed by atoms with van der Waals surface area (Å²) in [5.74, 6) is -0.188. The van der Waals surface area contributed by atoms with Crippen LogP contribution in [0.15, 0.2) is 36.4 Å². The molecule has 1 atom stereocenters. The molecule has 0 aliphatic rings. The van der Waals surface area contributed by atoms with E-state index in [4.69, 9.17) is 0 Å². The third-order valence-corrected chi connectivity index (χ3v) is 3.70. The fourth-order valence-electron chi connectivity index (χ4n) is 2.85. The van der Waals surface area contributed by atoms with E-state index in [2.05, 4.69) is 45.1 Å². The number of halogens is 1. The summed E-state index contributed by atoms with van der Waals surface area (Å²) in [6.07, 6.45) is 0. The zero-order valence-corrected chi connectivity index (χ0v) is 12.6. The van der Waals surface area contributed by atoms with E-state index < -0.39 is 0 Å². The van der Waals surface area contributed by atoms with Gasteiger partial charge in [-0.15, -0.1) is 0 Å². The van der Waals surface area contributed by atoms with Crippen molar-refractivity contribution < 1.29 is 4.39 Å². The van der Waals surface area contributed by atoms with Gasteiger partial charge in [0.15, 0.2) is 0 Å². The Morgan fingerprint density at radius 2 is 1.55 bits per heavy atom. The maximum atomic E-state index is 12.9. The molecule has 1 nitrogen and oxygen atoms in total. The van der Waals surface area contributed by atoms with E-state index in [0.717, 1.165) is 12.1 Å². The third kappa shape index (κ3) is 3.45. The quantitative estimate of drug-likeness (QED) is 0.856. The van der Waals surface area contributed by atoms with Crippen LogP contribution in [0, 0.1) is 26.6 Å². The van der Waals surface area contributed by atoms with E-state index >= 15 is 0 Å². The van der Waals surface area contributed by atoms with Gasteiger partial charge in [-0.1, -0.05) is 29.8 Å². The van der Waals surface area contributed by atoms with Crippen molar-refractivity contribution in [3.05, 3.63) is 70.0 Å².